The molecule has 0 aliphatic carbocycles. The highest BCUT2D eigenvalue weighted by molar-refractivity contribution is 7.48. The van der Waals surface area contributed by atoms with Crippen molar-refractivity contribution in [1.29, 1.82) is 0 Å². The van der Waals surface area contributed by atoms with Crippen molar-refractivity contribution in [2.75, 3.05) is 40.6 Å². The molecule has 57 heavy (non-hydrogen) atoms. The zero-order valence-electron chi connectivity index (χ0n) is 36.5. The van der Waals surface area contributed by atoms with Crippen LogP contribution in [0.1, 0.15) is 156 Å². The van der Waals surface area contributed by atoms with Gasteiger partial charge in [0.25, 0.3) is 0 Å². The second kappa shape index (κ2) is 36.1. The van der Waals surface area contributed by atoms with Gasteiger partial charge >= 0.3 is 13.8 Å². The van der Waals surface area contributed by atoms with E-state index in [-0.39, 0.29) is 39.0 Å². The number of methoxy groups -OCH3 is 2. The second-order valence-corrected chi connectivity index (χ2v) is 16.4. The number of esters is 1. The quantitative estimate of drug-likeness (QED) is 0.0194. The van der Waals surface area contributed by atoms with Crippen molar-refractivity contribution in [3.05, 3.63) is 49.8 Å². The molecule has 0 radical (unpaired) electrons. The first kappa shape index (κ1) is 53.2. The van der Waals surface area contributed by atoms with Gasteiger partial charge in [-0.2, -0.15) is 0 Å². The Bertz CT molecular complexity index is 1080. The van der Waals surface area contributed by atoms with Crippen LogP contribution >= 0.6 is 7.82 Å². The number of carbonyl (C=O) groups is 1. The summed E-state index contributed by atoms with van der Waals surface area (Å²) in [5.74, 6) is -0.410. The van der Waals surface area contributed by atoms with E-state index in [0.29, 0.717) is 12.8 Å². The zero-order valence-corrected chi connectivity index (χ0v) is 37.4. The van der Waals surface area contributed by atoms with Gasteiger partial charge in [0.2, 0.25) is 6.29 Å². The molecule has 0 bridgehead atoms. The molecule has 0 aromatic rings. The maximum Gasteiger partial charge on any atom is 0.475 e. The Morgan fingerprint density at radius 1 is 0.754 bits per heavy atom. The van der Waals surface area contributed by atoms with E-state index in [4.69, 9.17) is 42.0 Å². The van der Waals surface area contributed by atoms with E-state index in [1.165, 1.54) is 96.2 Å². The average Bonchev–Trinajstić information content (AvgIpc) is 3.21. The summed E-state index contributed by atoms with van der Waals surface area (Å²) >= 11 is 0. The molecule has 0 saturated carbocycles. The number of hydrogen-bond acceptors (Lipinski definition) is 11. The zero-order chi connectivity index (χ0) is 41.8. The van der Waals surface area contributed by atoms with Crippen LogP contribution in [0.3, 0.4) is 0 Å². The maximum atomic E-state index is 14.0. The van der Waals surface area contributed by atoms with Gasteiger partial charge in [0.05, 0.1) is 32.2 Å². The van der Waals surface area contributed by atoms with Crippen LogP contribution in [0.25, 0.3) is 0 Å². The number of allylic oxidation sites excluding steroid dienone is 3. The van der Waals surface area contributed by atoms with Crippen molar-refractivity contribution in [2.24, 2.45) is 0 Å². The fourth-order valence-electron chi connectivity index (χ4n) is 6.66. The summed E-state index contributed by atoms with van der Waals surface area (Å²) in [7, 11) is -1.01. The van der Waals surface area contributed by atoms with Crippen LogP contribution < -0.4 is 0 Å². The molecule has 12 heteroatoms. The average molecular weight is 829 g/mol. The summed E-state index contributed by atoms with van der Waals surface area (Å²) in [6, 6.07) is 0. The van der Waals surface area contributed by atoms with Crippen molar-refractivity contribution >= 4 is 13.8 Å². The van der Waals surface area contributed by atoms with Gasteiger partial charge < -0.3 is 28.4 Å². The lowest BCUT2D eigenvalue weighted by Gasteiger charge is -2.45. The molecular formula is C45H81O11P. The molecule has 0 amide bonds. The van der Waals surface area contributed by atoms with Crippen molar-refractivity contribution in [3.8, 4) is 0 Å². The van der Waals surface area contributed by atoms with E-state index in [2.05, 4.69) is 39.2 Å². The largest absolute Gasteiger partial charge is 0.475 e. The van der Waals surface area contributed by atoms with Gasteiger partial charge in [0.15, 0.2) is 6.10 Å². The lowest BCUT2D eigenvalue weighted by atomic mass is 9.98. The number of carbonyl (C=O) groups excluding carboxylic acids is 1. The van der Waals surface area contributed by atoms with E-state index in [9.17, 15) is 9.36 Å². The normalized spacial score (nSPS) is 20.6. The van der Waals surface area contributed by atoms with Crippen LogP contribution in [0.4, 0.5) is 0 Å². The number of ether oxygens (including phenoxy) is 6. The molecule has 11 nitrogen and oxygen atoms in total. The molecule has 6 atom stereocenters. The standard InChI is InChI=1S/C45H81O11P/c1-8-13-15-17-18-19-20-21-22-23-24-25-26-28-30-32-41(46)55-44-43(50-37-33-39(49-7)31-29-27-16-14-9-2)42(40(38-48-6)54-45(44)51-34-10-3)56-57(47,52-35-11-4)53-36-12-5/h10-12,19-20,34,39-40,42-45H,4-5,8-9,13-18,21-33,35-38H2,1-3,6-7H3/b20-19-,34-10+/t39-,40-,42-,43+,44-,45+/m1/s1. The highest BCUT2D eigenvalue weighted by Crippen LogP contribution is 2.52. The Morgan fingerprint density at radius 2 is 1.33 bits per heavy atom. The summed E-state index contributed by atoms with van der Waals surface area (Å²) in [5, 5.41) is 0. The van der Waals surface area contributed by atoms with Gasteiger partial charge in [-0.25, -0.2) is 4.57 Å². The maximum absolute atomic E-state index is 14.0. The molecule has 0 aromatic carbocycles. The molecule has 1 fully saturated rings. The van der Waals surface area contributed by atoms with Crippen molar-refractivity contribution in [1.82, 2.24) is 0 Å². The lowest BCUT2D eigenvalue weighted by molar-refractivity contribution is -0.298. The van der Waals surface area contributed by atoms with E-state index in [0.717, 1.165) is 44.9 Å². The van der Waals surface area contributed by atoms with Crippen molar-refractivity contribution < 1.29 is 51.4 Å². The monoisotopic (exact) mass is 829 g/mol. The topological polar surface area (TPSA) is 117 Å². The Kier molecular flexibility index (Phi) is 33.7. The Balaban J connectivity index is 3.04. The molecule has 1 rings (SSSR count). The molecule has 0 aromatic heterocycles. The first-order valence-corrected chi connectivity index (χ1v) is 23.5. The molecule has 1 heterocycles. The van der Waals surface area contributed by atoms with Crippen LogP contribution in [-0.2, 0) is 51.4 Å². The highest BCUT2D eigenvalue weighted by atomic mass is 31.2. The predicted octanol–water partition coefficient (Wildman–Crippen LogP) is 11.9. The highest BCUT2D eigenvalue weighted by Gasteiger charge is 2.53. The van der Waals surface area contributed by atoms with Crippen LogP contribution in [-0.4, -0.2) is 83.4 Å². The first-order chi connectivity index (χ1) is 27.8. The Labute approximate surface area is 347 Å². The third-order valence-electron chi connectivity index (χ3n) is 9.85. The Morgan fingerprint density at radius 3 is 1.91 bits per heavy atom. The van der Waals surface area contributed by atoms with Crippen LogP contribution in [0, 0.1) is 0 Å². The van der Waals surface area contributed by atoms with E-state index >= 15 is 0 Å². The summed E-state index contributed by atoms with van der Waals surface area (Å²) in [5.41, 5.74) is 0. The molecule has 332 valence electrons. The minimum Gasteiger partial charge on any atom is -0.469 e. The molecule has 1 saturated heterocycles. The van der Waals surface area contributed by atoms with Gasteiger partial charge in [0, 0.05) is 27.2 Å². The summed E-state index contributed by atoms with van der Waals surface area (Å²) < 4.78 is 67.6. The number of phosphoric ester groups is 1. The molecule has 1 aliphatic rings. The van der Waals surface area contributed by atoms with Gasteiger partial charge in [-0.05, 0) is 51.9 Å². The fraction of sp³-hybridized carbons (Fsp3) is 0.800. The number of rotatable bonds is 39. The number of unbranched alkanes of at least 4 members (excludes halogenated alkanes) is 15. The molecule has 1 aliphatic heterocycles. The van der Waals surface area contributed by atoms with Gasteiger partial charge in [-0.1, -0.05) is 128 Å². The lowest BCUT2D eigenvalue weighted by Crippen LogP contribution is -2.62. The van der Waals surface area contributed by atoms with E-state index in [1.807, 2.05) is 0 Å². The minimum absolute atomic E-state index is 0.0259. The van der Waals surface area contributed by atoms with Crippen LogP contribution in [0.5, 0.6) is 0 Å². The smallest absolute Gasteiger partial charge is 0.469 e. The van der Waals surface area contributed by atoms with Crippen LogP contribution in [0.15, 0.2) is 49.8 Å². The minimum atomic E-state index is -4.23. The van der Waals surface area contributed by atoms with Crippen molar-refractivity contribution in [3.63, 3.8) is 0 Å². The third-order valence-corrected chi connectivity index (χ3v) is 11.3. The molecule has 0 N–H and O–H groups in total. The number of hydrogen-bond donors (Lipinski definition) is 0. The second-order valence-electron chi connectivity index (χ2n) is 14.8. The molecular weight excluding hydrogens is 747 g/mol. The predicted molar refractivity (Wildman–Crippen MR) is 229 cm³/mol. The summed E-state index contributed by atoms with van der Waals surface area (Å²) in [4.78, 5) is 13.5. The van der Waals surface area contributed by atoms with E-state index < -0.39 is 44.5 Å². The van der Waals surface area contributed by atoms with Gasteiger partial charge in [0.1, 0.15) is 18.3 Å². The Hall–Kier alpha value is -1.82. The van der Waals surface area contributed by atoms with E-state index in [1.54, 1.807) is 20.1 Å². The third kappa shape index (κ3) is 25.4. The summed E-state index contributed by atoms with van der Waals surface area (Å²) in [6.45, 7) is 13.6. The molecule has 0 spiro atoms. The fourth-order valence-corrected chi connectivity index (χ4v) is 7.99. The molecule has 0 unspecified atom stereocenters. The SMILES string of the molecule is C=CCOP(=O)(OCC=C)O[C@H]1[C@H](OCC[C@@H](CCCCCCC)OC)[C@@H](OC(=O)CCCCCCCCC/C=C\CCCCCC)[C@@H](O/C=C/C)O[C@@H]1COC. The summed E-state index contributed by atoms with van der Waals surface area (Å²) in [6.07, 6.45) is 28.2. The first-order valence-electron chi connectivity index (χ1n) is 22.0. The number of phosphoric acid groups is 1. The van der Waals surface area contributed by atoms with Gasteiger partial charge in [-0.15, -0.1) is 13.2 Å². The van der Waals surface area contributed by atoms with Crippen molar-refractivity contribution in [2.45, 2.75) is 192 Å². The van der Waals surface area contributed by atoms with Crippen LogP contribution in [0.2, 0.25) is 0 Å². The van der Waals surface area contributed by atoms with Gasteiger partial charge in [-0.3, -0.25) is 18.4 Å².